The fraction of sp³-hybridized carbons (Fsp3) is 0.261. The van der Waals surface area contributed by atoms with Crippen molar-refractivity contribution >= 4 is 46.3 Å². The molecule has 0 saturated heterocycles. The number of ether oxygens (including phenoxy) is 2. The van der Waals surface area contributed by atoms with E-state index in [4.69, 9.17) is 32.7 Å². The Morgan fingerprint density at radius 2 is 1.83 bits per heavy atom. The van der Waals surface area contributed by atoms with Gasteiger partial charge in [-0.15, -0.1) is 0 Å². The molecule has 0 atom stereocenters. The highest BCUT2D eigenvalue weighted by atomic mass is 35.5. The van der Waals surface area contributed by atoms with Crippen molar-refractivity contribution in [2.75, 3.05) is 13.7 Å². The molecule has 3 aromatic rings. The summed E-state index contributed by atoms with van der Waals surface area (Å²) in [5, 5.41) is 11.5. The van der Waals surface area contributed by atoms with Gasteiger partial charge in [-0.1, -0.05) is 49.2 Å². The Kier molecular flexibility index (Phi) is 6.88. The van der Waals surface area contributed by atoms with Gasteiger partial charge in [0.15, 0.2) is 17.2 Å². The van der Waals surface area contributed by atoms with Gasteiger partial charge in [0.05, 0.1) is 29.5 Å². The molecule has 0 spiro atoms. The maximum Gasteiger partial charge on any atom is 0.161 e. The summed E-state index contributed by atoms with van der Waals surface area (Å²) in [5.41, 5.74) is 1.98. The average molecular weight is 432 g/mol. The summed E-state index contributed by atoms with van der Waals surface area (Å²) in [4.78, 5) is 4.47. The molecule has 0 aliphatic rings. The maximum absolute atomic E-state index is 10.2. The Balaban J connectivity index is 1.83. The van der Waals surface area contributed by atoms with Gasteiger partial charge in [-0.05, 0) is 54.3 Å². The van der Waals surface area contributed by atoms with Crippen molar-refractivity contribution in [3.05, 3.63) is 57.7 Å². The van der Waals surface area contributed by atoms with Crippen LogP contribution in [0.3, 0.4) is 0 Å². The van der Waals surface area contributed by atoms with E-state index in [-0.39, 0.29) is 10.8 Å². The molecule has 0 saturated carbocycles. The Bertz CT molecular complexity index is 1050. The molecule has 0 aliphatic heterocycles. The van der Waals surface area contributed by atoms with Crippen LogP contribution < -0.4 is 9.47 Å². The minimum absolute atomic E-state index is 0.0779. The van der Waals surface area contributed by atoms with Gasteiger partial charge in [-0.3, -0.25) is 0 Å². The molecule has 1 N–H and O–H groups in total. The zero-order valence-electron chi connectivity index (χ0n) is 16.6. The maximum atomic E-state index is 10.2. The lowest BCUT2D eigenvalue weighted by Crippen LogP contribution is -2.02. The second-order valence-electron chi connectivity index (χ2n) is 7.10. The van der Waals surface area contributed by atoms with Crippen LogP contribution in [0.2, 0.25) is 10.0 Å². The summed E-state index contributed by atoms with van der Waals surface area (Å²) in [7, 11) is 1.62. The predicted octanol–water partition coefficient (Wildman–Crippen LogP) is 6.85. The first kappa shape index (κ1) is 21.3. The van der Waals surface area contributed by atoms with Crippen molar-refractivity contribution in [2.24, 2.45) is 5.92 Å². The number of rotatable bonds is 7. The molecule has 152 valence electrons. The summed E-state index contributed by atoms with van der Waals surface area (Å²) < 4.78 is 11.3. The van der Waals surface area contributed by atoms with E-state index in [9.17, 15) is 5.11 Å². The predicted molar refractivity (Wildman–Crippen MR) is 120 cm³/mol. The van der Waals surface area contributed by atoms with Gasteiger partial charge < -0.3 is 14.6 Å². The van der Waals surface area contributed by atoms with E-state index < -0.39 is 0 Å². The zero-order valence-corrected chi connectivity index (χ0v) is 18.1. The number of pyridine rings is 1. The molecular formula is C23H23Cl2NO3. The van der Waals surface area contributed by atoms with Crippen molar-refractivity contribution in [1.29, 1.82) is 0 Å². The van der Waals surface area contributed by atoms with Crippen LogP contribution in [0.5, 0.6) is 17.2 Å². The largest absolute Gasteiger partial charge is 0.504 e. The van der Waals surface area contributed by atoms with Crippen LogP contribution in [0.25, 0.3) is 23.1 Å². The van der Waals surface area contributed by atoms with Gasteiger partial charge in [0.25, 0.3) is 0 Å². The highest BCUT2D eigenvalue weighted by Gasteiger charge is 2.11. The van der Waals surface area contributed by atoms with Gasteiger partial charge in [0, 0.05) is 5.39 Å². The van der Waals surface area contributed by atoms with E-state index in [1.54, 1.807) is 7.11 Å². The summed E-state index contributed by atoms with van der Waals surface area (Å²) in [6.45, 7) is 4.98. The van der Waals surface area contributed by atoms with E-state index in [0.717, 1.165) is 17.7 Å². The van der Waals surface area contributed by atoms with Crippen molar-refractivity contribution in [3.63, 3.8) is 0 Å². The number of hydrogen-bond acceptors (Lipinski definition) is 4. The number of phenolic OH excluding ortho intramolecular Hbond substituents is 1. The highest BCUT2D eigenvalue weighted by molar-refractivity contribution is 6.39. The van der Waals surface area contributed by atoms with Crippen LogP contribution in [0.4, 0.5) is 0 Å². The van der Waals surface area contributed by atoms with Crippen LogP contribution in [0.15, 0.2) is 36.4 Å². The number of phenols is 1. The molecule has 0 bridgehead atoms. The van der Waals surface area contributed by atoms with E-state index in [1.807, 2.05) is 42.5 Å². The van der Waals surface area contributed by atoms with E-state index in [2.05, 4.69) is 18.8 Å². The number of hydrogen-bond donors (Lipinski definition) is 1. The van der Waals surface area contributed by atoms with Crippen LogP contribution >= 0.6 is 23.2 Å². The van der Waals surface area contributed by atoms with Crippen LogP contribution in [0, 0.1) is 5.92 Å². The van der Waals surface area contributed by atoms with E-state index >= 15 is 0 Å². The quantitative estimate of drug-likeness (QED) is 0.444. The van der Waals surface area contributed by atoms with E-state index in [1.165, 1.54) is 6.07 Å². The molecule has 0 amide bonds. The van der Waals surface area contributed by atoms with Crippen LogP contribution in [-0.2, 0) is 0 Å². The number of fused-ring (bicyclic) bond motifs is 1. The lowest BCUT2D eigenvalue weighted by molar-refractivity contribution is 0.273. The van der Waals surface area contributed by atoms with Crippen molar-refractivity contribution in [3.8, 4) is 17.2 Å². The van der Waals surface area contributed by atoms with Crippen molar-refractivity contribution in [1.82, 2.24) is 4.98 Å². The van der Waals surface area contributed by atoms with Crippen molar-refractivity contribution in [2.45, 2.75) is 20.3 Å². The molecule has 2 aromatic carbocycles. The smallest absolute Gasteiger partial charge is 0.161 e. The molecule has 1 heterocycles. The normalized spacial score (nSPS) is 11.5. The first-order valence-corrected chi connectivity index (χ1v) is 10.1. The van der Waals surface area contributed by atoms with Gasteiger partial charge >= 0.3 is 0 Å². The third-order valence-electron chi connectivity index (χ3n) is 4.47. The monoisotopic (exact) mass is 431 g/mol. The molecule has 1 aromatic heterocycles. The Labute approximate surface area is 180 Å². The molecule has 3 rings (SSSR count). The lowest BCUT2D eigenvalue weighted by atomic mass is 10.1. The second-order valence-corrected chi connectivity index (χ2v) is 7.91. The Morgan fingerprint density at radius 3 is 2.55 bits per heavy atom. The molecule has 0 fully saturated rings. The van der Waals surface area contributed by atoms with Crippen molar-refractivity contribution < 1.29 is 14.6 Å². The molecular weight excluding hydrogens is 409 g/mol. The zero-order chi connectivity index (χ0) is 21.0. The standard InChI is InChI=1S/C23H23Cl2NO3/c1-14(2)10-11-29-20-9-5-15(12-21(20)28-3)4-6-16-7-8-17-18(24)13-19(25)23(27)22(17)26-16/h4-9,12-14,27H,10-11H2,1-3H3. The summed E-state index contributed by atoms with van der Waals surface area (Å²) in [6, 6.07) is 10.9. The Morgan fingerprint density at radius 1 is 1.03 bits per heavy atom. The number of aromatic nitrogens is 1. The second kappa shape index (κ2) is 9.38. The minimum atomic E-state index is -0.0779. The Hall–Kier alpha value is -2.43. The average Bonchev–Trinajstić information content (AvgIpc) is 2.70. The minimum Gasteiger partial charge on any atom is -0.504 e. The van der Waals surface area contributed by atoms with Gasteiger partial charge in [0.2, 0.25) is 0 Å². The number of benzene rings is 2. The van der Waals surface area contributed by atoms with E-state index in [0.29, 0.717) is 39.9 Å². The molecule has 29 heavy (non-hydrogen) atoms. The van der Waals surface area contributed by atoms with Gasteiger partial charge in [0.1, 0.15) is 5.52 Å². The SMILES string of the molecule is COc1cc(C=Cc2ccc3c(Cl)cc(Cl)c(O)c3n2)ccc1OCCC(C)C. The number of halogens is 2. The van der Waals surface area contributed by atoms with Crippen LogP contribution in [0.1, 0.15) is 31.5 Å². The third kappa shape index (κ3) is 5.14. The third-order valence-corrected chi connectivity index (χ3v) is 5.07. The number of methoxy groups -OCH3 is 1. The molecule has 0 radical (unpaired) electrons. The fourth-order valence-electron chi connectivity index (χ4n) is 2.80. The molecule has 0 unspecified atom stereocenters. The van der Waals surface area contributed by atoms with Gasteiger partial charge in [-0.2, -0.15) is 0 Å². The topological polar surface area (TPSA) is 51.6 Å². The highest BCUT2D eigenvalue weighted by Crippen LogP contribution is 2.36. The summed E-state index contributed by atoms with van der Waals surface area (Å²) in [5.74, 6) is 1.91. The van der Waals surface area contributed by atoms with Crippen LogP contribution in [-0.4, -0.2) is 23.8 Å². The number of nitrogens with zero attached hydrogens (tertiary/aromatic N) is 1. The first-order valence-electron chi connectivity index (χ1n) is 9.35. The number of aromatic hydroxyl groups is 1. The summed E-state index contributed by atoms with van der Waals surface area (Å²) in [6.07, 6.45) is 4.75. The summed E-state index contributed by atoms with van der Waals surface area (Å²) >= 11 is 12.2. The first-order chi connectivity index (χ1) is 13.9. The molecule has 6 heteroatoms. The fourth-order valence-corrected chi connectivity index (χ4v) is 3.32. The van der Waals surface area contributed by atoms with Gasteiger partial charge in [-0.25, -0.2) is 4.98 Å². The molecule has 4 nitrogen and oxygen atoms in total. The molecule has 0 aliphatic carbocycles. The lowest BCUT2D eigenvalue weighted by Gasteiger charge is -2.12.